The van der Waals surface area contributed by atoms with Crippen molar-refractivity contribution in [1.29, 1.82) is 0 Å². The third-order valence-corrected chi connectivity index (χ3v) is 5.42. The molecule has 0 aliphatic heterocycles. The summed E-state index contributed by atoms with van der Waals surface area (Å²) in [6.07, 6.45) is 17.6. The fraction of sp³-hybridized carbons (Fsp3) is 0.889. The summed E-state index contributed by atoms with van der Waals surface area (Å²) in [5.74, 6) is 3.81. The fourth-order valence-corrected chi connectivity index (χ4v) is 4.20. The number of hydrogen-bond donors (Lipinski definition) is 0. The summed E-state index contributed by atoms with van der Waals surface area (Å²) < 4.78 is 5.31. The standard InChI is InChI=1S/C18H32O/c1-3-4-5-15-6-10-17(11-7-15)18-12-8-16(9-13-18)14-19-2/h4-5,15-18H,3,6-14H2,1-2H3. The lowest BCUT2D eigenvalue weighted by molar-refractivity contribution is 0.0957. The van der Waals surface area contributed by atoms with Crippen molar-refractivity contribution in [2.24, 2.45) is 23.7 Å². The monoisotopic (exact) mass is 264 g/mol. The maximum Gasteiger partial charge on any atom is 0.0490 e. The van der Waals surface area contributed by atoms with E-state index in [0.29, 0.717) is 0 Å². The molecule has 1 nitrogen and oxygen atoms in total. The van der Waals surface area contributed by atoms with Gasteiger partial charge < -0.3 is 4.74 Å². The van der Waals surface area contributed by atoms with E-state index in [-0.39, 0.29) is 0 Å². The van der Waals surface area contributed by atoms with E-state index >= 15 is 0 Å². The summed E-state index contributed by atoms with van der Waals surface area (Å²) >= 11 is 0. The minimum atomic E-state index is 0.852. The van der Waals surface area contributed by atoms with Crippen LogP contribution in [0.25, 0.3) is 0 Å². The van der Waals surface area contributed by atoms with Gasteiger partial charge in [-0.25, -0.2) is 0 Å². The average molecular weight is 264 g/mol. The van der Waals surface area contributed by atoms with Crippen molar-refractivity contribution in [3.63, 3.8) is 0 Å². The van der Waals surface area contributed by atoms with Crippen LogP contribution in [0.5, 0.6) is 0 Å². The number of rotatable bonds is 5. The number of methoxy groups -OCH3 is 1. The minimum Gasteiger partial charge on any atom is -0.384 e. The van der Waals surface area contributed by atoms with Crippen molar-refractivity contribution in [3.8, 4) is 0 Å². The molecule has 110 valence electrons. The van der Waals surface area contributed by atoms with Crippen LogP contribution in [-0.4, -0.2) is 13.7 Å². The zero-order valence-electron chi connectivity index (χ0n) is 12.9. The Morgan fingerprint density at radius 1 is 0.895 bits per heavy atom. The summed E-state index contributed by atoms with van der Waals surface area (Å²) in [7, 11) is 1.84. The highest BCUT2D eigenvalue weighted by Crippen LogP contribution is 2.41. The number of allylic oxidation sites excluding steroid dienone is 2. The Kier molecular flexibility index (Phi) is 6.43. The van der Waals surface area contributed by atoms with Crippen LogP contribution < -0.4 is 0 Å². The van der Waals surface area contributed by atoms with Crippen molar-refractivity contribution in [2.75, 3.05) is 13.7 Å². The van der Waals surface area contributed by atoms with Crippen molar-refractivity contribution >= 4 is 0 Å². The second kappa shape index (κ2) is 8.09. The lowest BCUT2D eigenvalue weighted by Crippen LogP contribution is -2.26. The SMILES string of the molecule is CCC=CC1CCC(C2CCC(COC)CC2)CC1. The third kappa shape index (κ3) is 4.63. The van der Waals surface area contributed by atoms with E-state index in [2.05, 4.69) is 19.1 Å². The van der Waals surface area contributed by atoms with Gasteiger partial charge in [0, 0.05) is 13.7 Å². The first-order chi connectivity index (χ1) is 9.33. The Labute approximate surface area is 119 Å². The van der Waals surface area contributed by atoms with Gasteiger partial charge in [-0.2, -0.15) is 0 Å². The lowest BCUT2D eigenvalue weighted by Gasteiger charge is -2.37. The molecule has 0 aromatic carbocycles. The molecular weight excluding hydrogens is 232 g/mol. The summed E-state index contributed by atoms with van der Waals surface area (Å²) in [5, 5.41) is 0. The summed E-state index contributed by atoms with van der Waals surface area (Å²) in [5.41, 5.74) is 0. The molecule has 0 atom stereocenters. The summed E-state index contributed by atoms with van der Waals surface area (Å²) in [6.45, 7) is 3.22. The summed E-state index contributed by atoms with van der Waals surface area (Å²) in [6, 6.07) is 0. The molecule has 2 aliphatic rings. The lowest BCUT2D eigenvalue weighted by atomic mass is 9.69. The first kappa shape index (κ1) is 15.1. The Morgan fingerprint density at radius 3 is 2.00 bits per heavy atom. The van der Waals surface area contributed by atoms with E-state index in [1.807, 2.05) is 7.11 Å². The van der Waals surface area contributed by atoms with Crippen LogP contribution in [0.3, 0.4) is 0 Å². The molecule has 0 spiro atoms. The molecule has 19 heavy (non-hydrogen) atoms. The third-order valence-electron chi connectivity index (χ3n) is 5.42. The smallest absolute Gasteiger partial charge is 0.0490 e. The maximum atomic E-state index is 5.31. The van der Waals surface area contributed by atoms with Crippen LogP contribution >= 0.6 is 0 Å². The van der Waals surface area contributed by atoms with Crippen LogP contribution in [0.4, 0.5) is 0 Å². The molecule has 2 rings (SSSR count). The molecule has 0 radical (unpaired) electrons. The van der Waals surface area contributed by atoms with Crippen molar-refractivity contribution in [2.45, 2.75) is 64.7 Å². The first-order valence-electron chi connectivity index (χ1n) is 8.49. The van der Waals surface area contributed by atoms with Gasteiger partial charge in [-0.15, -0.1) is 0 Å². The molecule has 0 N–H and O–H groups in total. The van der Waals surface area contributed by atoms with Crippen LogP contribution in [0, 0.1) is 23.7 Å². The zero-order valence-corrected chi connectivity index (χ0v) is 12.9. The predicted molar refractivity (Wildman–Crippen MR) is 82.2 cm³/mol. The van der Waals surface area contributed by atoms with E-state index in [0.717, 1.165) is 30.3 Å². The topological polar surface area (TPSA) is 9.23 Å². The van der Waals surface area contributed by atoms with Gasteiger partial charge in [0.25, 0.3) is 0 Å². The predicted octanol–water partition coefficient (Wildman–Crippen LogP) is 5.21. The van der Waals surface area contributed by atoms with Gasteiger partial charge >= 0.3 is 0 Å². The van der Waals surface area contributed by atoms with Crippen molar-refractivity contribution < 1.29 is 4.74 Å². The normalized spacial score (nSPS) is 36.7. The molecule has 2 fully saturated rings. The Balaban J connectivity index is 1.69. The summed E-state index contributed by atoms with van der Waals surface area (Å²) in [4.78, 5) is 0. The van der Waals surface area contributed by atoms with Crippen molar-refractivity contribution in [1.82, 2.24) is 0 Å². The van der Waals surface area contributed by atoms with Gasteiger partial charge in [0.2, 0.25) is 0 Å². The van der Waals surface area contributed by atoms with E-state index in [4.69, 9.17) is 4.74 Å². The maximum absolute atomic E-state index is 5.31. The van der Waals surface area contributed by atoms with Gasteiger partial charge in [-0.3, -0.25) is 0 Å². The largest absolute Gasteiger partial charge is 0.384 e. The molecule has 0 aromatic heterocycles. The highest BCUT2D eigenvalue weighted by molar-refractivity contribution is 4.91. The molecule has 0 bridgehead atoms. The first-order valence-corrected chi connectivity index (χ1v) is 8.49. The number of hydrogen-bond acceptors (Lipinski definition) is 1. The van der Waals surface area contributed by atoms with Crippen LogP contribution in [0.2, 0.25) is 0 Å². The highest BCUT2D eigenvalue weighted by atomic mass is 16.5. The van der Waals surface area contributed by atoms with Gasteiger partial charge in [-0.05, 0) is 81.5 Å². The second-order valence-electron chi connectivity index (χ2n) is 6.75. The van der Waals surface area contributed by atoms with Crippen LogP contribution in [0.1, 0.15) is 64.7 Å². The van der Waals surface area contributed by atoms with Crippen LogP contribution in [0.15, 0.2) is 12.2 Å². The highest BCUT2D eigenvalue weighted by Gasteiger charge is 2.30. The fourth-order valence-electron chi connectivity index (χ4n) is 4.20. The molecule has 2 aliphatic carbocycles. The van der Waals surface area contributed by atoms with Gasteiger partial charge in [0.05, 0.1) is 0 Å². The van der Waals surface area contributed by atoms with E-state index in [1.54, 1.807) is 0 Å². The average Bonchev–Trinajstić information content (AvgIpc) is 2.47. The Morgan fingerprint density at radius 2 is 1.47 bits per heavy atom. The van der Waals surface area contributed by atoms with Gasteiger partial charge in [0.15, 0.2) is 0 Å². The van der Waals surface area contributed by atoms with E-state index in [1.165, 1.54) is 57.8 Å². The Hall–Kier alpha value is -0.300. The van der Waals surface area contributed by atoms with Gasteiger partial charge in [-0.1, -0.05) is 19.1 Å². The van der Waals surface area contributed by atoms with E-state index < -0.39 is 0 Å². The van der Waals surface area contributed by atoms with Crippen LogP contribution in [-0.2, 0) is 4.74 Å². The zero-order chi connectivity index (χ0) is 13.5. The molecule has 0 amide bonds. The van der Waals surface area contributed by atoms with Crippen molar-refractivity contribution in [3.05, 3.63) is 12.2 Å². The molecular formula is C18H32O. The van der Waals surface area contributed by atoms with E-state index in [9.17, 15) is 0 Å². The second-order valence-corrected chi connectivity index (χ2v) is 6.75. The quantitative estimate of drug-likeness (QED) is 0.619. The van der Waals surface area contributed by atoms with Gasteiger partial charge in [0.1, 0.15) is 0 Å². The molecule has 2 saturated carbocycles. The Bertz CT molecular complexity index is 255. The number of ether oxygens (including phenoxy) is 1. The minimum absolute atomic E-state index is 0.852. The molecule has 0 aromatic rings. The molecule has 0 saturated heterocycles. The molecule has 0 heterocycles. The molecule has 1 heteroatoms. The molecule has 0 unspecified atom stereocenters.